The number of furan rings is 1. The van der Waals surface area contributed by atoms with Crippen molar-refractivity contribution in [1.29, 1.82) is 0 Å². The van der Waals surface area contributed by atoms with E-state index >= 15 is 0 Å². The number of nitrogens with one attached hydrogen (secondary N) is 1. The van der Waals surface area contributed by atoms with Gasteiger partial charge in [-0.1, -0.05) is 78.9 Å². The number of benzene rings is 3. The minimum atomic E-state index is -0.300. The predicted octanol–water partition coefficient (Wildman–Crippen LogP) is 6.74. The Morgan fingerprint density at radius 3 is 1.97 bits per heavy atom. The lowest BCUT2D eigenvalue weighted by atomic mass is 9.98. The fourth-order valence-corrected chi connectivity index (χ4v) is 3.99. The summed E-state index contributed by atoms with van der Waals surface area (Å²) >= 11 is 0. The summed E-state index contributed by atoms with van der Waals surface area (Å²) in [6, 6.07) is 29.7. The number of amides is 1. The fraction of sp³-hybridized carbons (Fsp3) is 0.233. The maximum atomic E-state index is 14.3. The Bertz CT molecular complexity index is 1210. The number of hydrogen-bond donors (Lipinski definition) is 1. The maximum absolute atomic E-state index is 14.3. The monoisotopic (exact) mass is 470 g/mol. The van der Waals surface area contributed by atoms with Gasteiger partial charge in [0.15, 0.2) is 5.76 Å². The second kappa shape index (κ2) is 10.7. The molecule has 180 valence electrons. The zero-order valence-corrected chi connectivity index (χ0v) is 20.4. The molecule has 4 nitrogen and oxygen atoms in total. The molecule has 1 amide bonds. The topological polar surface area (TPSA) is 45.5 Å². The van der Waals surface area contributed by atoms with E-state index in [-0.39, 0.29) is 29.1 Å². The lowest BCUT2D eigenvalue weighted by molar-refractivity contribution is 0.0895. The van der Waals surface area contributed by atoms with Crippen LogP contribution in [0.1, 0.15) is 59.8 Å². The fourth-order valence-electron chi connectivity index (χ4n) is 3.99. The number of carbonyl (C=O) groups is 1. The highest BCUT2D eigenvalue weighted by Gasteiger charge is 2.25. The van der Waals surface area contributed by atoms with Crippen molar-refractivity contribution in [2.75, 3.05) is 0 Å². The molecular formula is C30H31FN2O2. The van der Waals surface area contributed by atoms with E-state index in [1.807, 2.05) is 72.8 Å². The molecule has 0 unspecified atom stereocenters. The van der Waals surface area contributed by atoms with Crippen molar-refractivity contribution in [2.24, 2.45) is 0 Å². The first-order valence-corrected chi connectivity index (χ1v) is 11.8. The van der Waals surface area contributed by atoms with Gasteiger partial charge in [0.1, 0.15) is 11.6 Å². The van der Waals surface area contributed by atoms with Gasteiger partial charge in [-0.2, -0.15) is 0 Å². The van der Waals surface area contributed by atoms with Crippen LogP contribution in [0.3, 0.4) is 0 Å². The van der Waals surface area contributed by atoms with E-state index in [1.54, 1.807) is 18.2 Å². The van der Waals surface area contributed by atoms with E-state index in [0.717, 1.165) is 11.1 Å². The highest BCUT2D eigenvalue weighted by Crippen LogP contribution is 2.25. The van der Waals surface area contributed by atoms with Crippen LogP contribution >= 0.6 is 0 Å². The van der Waals surface area contributed by atoms with Gasteiger partial charge in [0, 0.05) is 17.6 Å². The smallest absolute Gasteiger partial charge is 0.287 e. The van der Waals surface area contributed by atoms with Crippen molar-refractivity contribution in [3.05, 3.63) is 131 Å². The van der Waals surface area contributed by atoms with E-state index in [2.05, 4.69) is 31.0 Å². The zero-order chi connectivity index (χ0) is 24.8. The lowest BCUT2D eigenvalue weighted by Crippen LogP contribution is -2.40. The third-order valence-corrected chi connectivity index (χ3v) is 6.04. The van der Waals surface area contributed by atoms with Crippen LogP contribution in [0.4, 0.5) is 4.39 Å². The summed E-state index contributed by atoms with van der Waals surface area (Å²) in [5.41, 5.74) is 2.37. The normalized spacial score (nSPS) is 11.7. The Kier molecular flexibility index (Phi) is 7.47. The molecule has 0 aliphatic heterocycles. The van der Waals surface area contributed by atoms with Gasteiger partial charge in [0.2, 0.25) is 0 Å². The average molecular weight is 471 g/mol. The minimum absolute atomic E-state index is 0.228. The molecule has 35 heavy (non-hydrogen) atoms. The quantitative estimate of drug-likeness (QED) is 0.310. The molecule has 0 saturated heterocycles. The Balaban J connectivity index is 1.51. The summed E-state index contributed by atoms with van der Waals surface area (Å²) < 4.78 is 20.2. The molecule has 0 spiro atoms. The summed E-state index contributed by atoms with van der Waals surface area (Å²) in [5.74, 6) is 0.383. The molecule has 0 radical (unpaired) electrons. The van der Waals surface area contributed by atoms with Crippen LogP contribution in [0, 0.1) is 5.82 Å². The first kappa shape index (κ1) is 24.4. The Morgan fingerprint density at radius 2 is 1.40 bits per heavy atom. The van der Waals surface area contributed by atoms with Crippen molar-refractivity contribution in [3.8, 4) is 0 Å². The molecule has 1 N–H and O–H groups in total. The summed E-state index contributed by atoms with van der Waals surface area (Å²) in [6.07, 6.45) is 0. The third kappa shape index (κ3) is 6.25. The molecule has 1 heterocycles. The van der Waals surface area contributed by atoms with E-state index in [1.165, 1.54) is 6.07 Å². The van der Waals surface area contributed by atoms with Crippen LogP contribution in [0.25, 0.3) is 0 Å². The molecule has 0 aliphatic carbocycles. The molecular weight excluding hydrogens is 439 g/mol. The molecule has 4 rings (SSSR count). The van der Waals surface area contributed by atoms with Crippen LogP contribution in [0.5, 0.6) is 0 Å². The summed E-state index contributed by atoms with van der Waals surface area (Å²) in [5, 5.41) is 3.11. The van der Waals surface area contributed by atoms with Crippen LogP contribution in [0.15, 0.2) is 101 Å². The van der Waals surface area contributed by atoms with Crippen molar-refractivity contribution in [1.82, 2.24) is 10.2 Å². The van der Waals surface area contributed by atoms with Gasteiger partial charge in [0.25, 0.3) is 5.91 Å². The van der Waals surface area contributed by atoms with Gasteiger partial charge >= 0.3 is 0 Å². The first-order valence-electron chi connectivity index (χ1n) is 11.8. The van der Waals surface area contributed by atoms with Gasteiger partial charge in [-0.3, -0.25) is 9.69 Å². The number of nitrogens with zero attached hydrogens (tertiary/aromatic N) is 1. The number of carbonyl (C=O) groups excluding carboxylic acids is 1. The van der Waals surface area contributed by atoms with Crippen molar-refractivity contribution < 1.29 is 13.6 Å². The Hall–Kier alpha value is -3.70. The molecule has 0 saturated carbocycles. The standard InChI is InChI=1S/C30H31FN2O2/c1-30(2,3)33(20-24-16-10-11-17-26(24)31)21-25-18-19-27(35-25)29(34)32-28(22-12-6-4-7-13-22)23-14-8-5-9-15-23/h4-19,28H,20-21H2,1-3H3,(H,32,34). The van der Waals surface area contributed by atoms with Crippen molar-refractivity contribution in [2.45, 2.75) is 45.4 Å². The van der Waals surface area contributed by atoms with Gasteiger partial charge in [-0.05, 0) is 50.1 Å². The second-order valence-electron chi connectivity index (χ2n) is 9.61. The van der Waals surface area contributed by atoms with E-state index in [0.29, 0.717) is 24.4 Å². The molecule has 0 atom stereocenters. The van der Waals surface area contributed by atoms with Gasteiger partial charge in [-0.15, -0.1) is 0 Å². The molecule has 0 bridgehead atoms. The van der Waals surface area contributed by atoms with Gasteiger partial charge in [0.05, 0.1) is 12.6 Å². The highest BCUT2D eigenvalue weighted by atomic mass is 19.1. The third-order valence-electron chi connectivity index (χ3n) is 6.04. The highest BCUT2D eigenvalue weighted by molar-refractivity contribution is 5.92. The van der Waals surface area contributed by atoms with Crippen LogP contribution in [0.2, 0.25) is 0 Å². The summed E-state index contributed by atoms with van der Waals surface area (Å²) in [7, 11) is 0. The predicted molar refractivity (Wildman–Crippen MR) is 136 cm³/mol. The number of halogens is 1. The minimum Gasteiger partial charge on any atom is -0.455 e. The number of hydrogen-bond acceptors (Lipinski definition) is 3. The largest absolute Gasteiger partial charge is 0.455 e. The Morgan fingerprint density at radius 1 is 0.829 bits per heavy atom. The van der Waals surface area contributed by atoms with E-state index < -0.39 is 0 Å². The maximum Gasteiger partial charge on any atom is 0.287 e. The summed E-state index contributed by atoms with van der Waals surface area (Å²) in [6.45, 7) is 7.12. The van der Waals surface area contributed by atoms with E-state index in [9.17, 15) is 9.18 Å². The molecule has 4 aromatic rings. The van der Waals surface area contributed by atoms with Crippen molar-refractivity contribution >= 4 is 5.91 Å². The average Bonchev–Trinajstić information content (AvgIpc) is 3.33. The second-order valence-corrected chi connectivity index (χ2v) is 9.61. The first-order chi connectivity index (χ1) is 16.8. The van der Waals surface area contributed by atoms with Gasteiger partial charge in [-0.25, -0.2) is 4.39 Å². The molecule has 0 fully saturated rings. The van der Waals surface area contributed by atoms with Crippen LogP contribution < -0.4 is 5.32 Å². The van der Waals surface area contributed by atoms with Crippen LogP contribution in [-0.2, 0) is 13.1 Å². The molecule has 5 heteroatoms. The molecule has 0 aliphatic rings. The SMILES string of the molecule is CC(C)(C)N(Cc1ccc(C(=O)NC(c2ccccc2)c2ccccc2)o1)Cc1ccccc1F. The zero-order valence-electron chi connectivity index (χ0n) is 20.4. The van der Waals surface area contributed by atoms with Crippen molar-refractivity contribution in [3.63, 3.8) is 0 Å². The Labute approximate surface area is 206 Å². The summed E-state index contributed by atoms with van der Waals surface area (Å²) in [4.78, 5) is 15.3. The molecule has 1 aromatic heterocycles. The molecule has 3 aromatic carbocycles. The number of rotatable bonds is 8. The van der Waals surface area contributed by atoms with Crippen LogP contribution in [-0.4, -0.2) is 16.3 Å². The lowest BCUT2D eigenvalue weighted by Gasteiger charge is -2.35. The van der Waals surface area contributed by atoms with E-state index in [4.69, 9.17) is 4.42 Å². The van der Waals surface area contributed by atoms with Gasteiger partial charge < -0.3 is 9.73 Å².